The molecule has 0 aliphatic carbocycles. The summed E-state index contributed by atoms with van der Waals surface area (Å²) < 4.78 is 1.06. The van der Waals surface area contributed by atoms with E-state index in [1.54, 1.807) is 0 Å². The minimum atomic E-state index is -0.236. The lowest BCUT2D eigenvalue weighted by atomic mass is 10.1. The molecule has 0 saturated heterocycles. The Labute approximate surface area is 140 Å². The van der Waals surface area contributed by atoms with Gasteiger partial charge in [0.15, 0.2) is 10.3 Å². The van der Waals surface area contributed by atoms with Crippen LogP contribution in [0.2, 0.25) is 0 Å². The molecule has 0 atom stereocenters. The minimum absolute atomic E-state index is 0.154. The van der Waals surface area contributed by atoms with Crippen molar-refractivity contribution < 1.29 is 4.79 Å². The van der Waals surface area contributed by atoms with Gasteiger partial charge in [0.1, 0.15) is 0 Å². The van der Waals surface area contributed by atoms with Gasteiger partial charge in [-0.15, -0.1) is 0 Å². The van der Waals surface area contributed by atoms with E-state index >= 15 is 0 Å². The number of aromatic amines is 1. The monoisotopic (exact) mass is 346 g/mol. The number of amides is 1. The van der Waals surface area contributed by atoms with Crippen LogP contribution in [0.5, 0.6) is 0 Å². The van der Waals surface area contributed by atoms with E-state index in [2.05, 4.69) is 32.4 Å². The first-order chi connectivity index (χ1) is 11.0. The van der Waals surface area contributed by atoms with Crippen molar-refractivity contribution in [3.05, 3.63) is 45.9 Å². The zero-order chi connectivity index (χ0) is 16.4. The summed E-state index contributed by atoms with van der Waals surface area (Å²) in [4.78, 5) is 34.2. The van der Waals surface area contributed by atoms with Crippen LogP contribution >= 0.6 is 23.1 Å². The molecule has 0 spiro atoms. The predicted molar refractivity (Wildman–Crippen MR) is 93.3 cm³/mol. The van der Waals surface area contributed by atoms with Gasteiger partial charge in [0, 0.05) is 12.3 Å². The van der Waals surface area contributed by atoms with Gasteiger partial charge in [0.25, 0.3) is 5.56 Å². The van der Waals surface area contributed by atoms with Gasteiger partial charge in [-0.05, 0) is 31.0 Å². The SMILES string of the molecule is Cc1cc(C)c2nc(NC(=O)CSc3nccc(=O)[nH]3)sc2c1. The molecule has 1 amide bonds. The molecular weight excluding hydrogens is 332 g/mol. The third kappa shape index (κ3) is 3.77. The summed E-state index contributed by atoms with van der Waals surface area (Å²) in [6.07, 6.45) is 1.41. The first-order valence-electron chi connectivity index (χ1n) is 6.87. The molecule has 2 N–H and O–H groups in total. The van der Waals surface area contributed by atoms with E-state index in [0.29, 0.717) is 10.3 Å². The summed E-state index contributed by atoms with van der Waals surface area (Å²) in [5, 5.41) is 3.79. The smallest absolute Gasteiger partial charge is 0.251 e. The molecule has 0 aliphatic rings. The molecule has 3 aromatic rings. The van der Waals surface area contributed by atoms with Crippen LogP contribution in [0.25, 0.3) is 10.2 Å². The van der Waals surface area contributed by atoms with E-state index in [1.807, 2.05) is 13.8 Å². The van der Waals surface area contributed by atoms with Gasteiger partial charge in [-0.25, -0.2) is 9.97 Å². The highest BCUT2D eigenvalue weighted by Crippen LogP contribution is 2.29. The molecule has 1 aromatic carbocycles. The molecular formula is C15H14N4O2S2. The molecule has 0 unspecified atom stereocenters. The second kappa shape index (κ2) is 6.51. The van der Waals surface area contributed by atoms with Gasteiger partial charge in [0.2, 0.25) is 5.91 Å². The van der Waals surface area contributed by atoms with E-state index < -0.39 is 0 Å². The second-order valence-electron chi connectivity index (χ2n) is 5.02. The third-order valence-corrected chi connectivity index (χ3v) is 4.87. The Balaban J connectivity index is 1.68. The number of nitrogens with one attached hydrogen (secondary N) is 2. The van der Waals surface area contributed by atoms with Crippen molar-refractivity contribution in [3.8, 4) is 0 Å². The second-order valence-corrected chi connectivity index (χ2v) is 7.02. The number of nitrogens with zero attached hydrogens (tertiary/aromatic N) is 2. The highest BCUT2D eigenvalue weighted by atomic mass is 32.2. The third-order valence-electron chi connectivity index (χ3n) is 3.06. The van der Waals surface area contributed by atoms with Crippen LogP contribution < -0.4 is 10.9 Å². The Bertz CT molecular complexity index is 933. The predicted octanol–water partition coefficient (Wildman–Crippen LogP) is 2.73. The van der Waals surface area contributed by atoms with Crippen LogP contribution in [-0.4, -0.2) is 26.6 Å². The molecule has 3 rings (SSSR count). The molecule has 23 heavy (non-hydrogen) atoms. The number of aryl methyl sites for hydroxylation is 2. The minimum Gasteiger partial charge on any atom is -0.301 e. The number of aromatic nitrogens is 3. The van der Waals surface area contributed by atoms with Crippen molar-refractivity contribution in [3.63, 3.8) is 0 Å². The van der Waals surface area contributed by atoms with Crippen molar-refractivity contribution in [2.24, 2.45) is 0 Å². The molecule has 6 nitrogen and oxygen atoms in total. The van der Waals surface area contributed by atoms with Gasteiger partial charge in [-0.3, -0.25) is 9.59 Å². The number of anilines is 1. The molecule has 0 bridgehead atoms. The first-order valence-corrected chi connectivity index (χ1v) is 8.67. The van der Waals surface area contributed by atoms with E-state index in [4.69, 9.17) is 0 Å². The number of benzene rings is 1. The van der Waals surface area contributed by atoms with E-state index in [0.717, 1.165) is 15.8 Å². The molecule has 0 aliphatic heterocycles. The van der Waals surface area contributed by atoms with Crippen molar-refractivity contribution in [1.29, 1.82) is 0 Å². The van der Waals surface area contributed by atoms with Crippen LogP contribution in [0.4, 0.5) is 5.13 Å². The zero-order valence-electron chi connectivity index (χ0n) is 12.5. The summed E-state index contributed by atoms with van der Waals surface area (Å²) in [7, 11) is 0. The molecule has 2 aromatic heterocycles. The Hall–Kier alpha value is -2.19. The fraction of sp³-hybridized carbons (Fsp3) is 0.200. The molecule has 0 radical (unpaired) electrons. The maximum absolute atomic E-state index is 12.0. The number of hydrogen-bond acceptors (Lipinski definition) is 6. The number of carbonyl (C=O) groups is 1. The van der Waals surface area contributed by atoms with Crippen LogP contribution in [0.15, 0.2) is 34.3 Å². The van der Waals surface area contributed by atoms with Crippen LogP contribution in [0.3, 0.4) is 0 Å². The van der Waals surface area contributed by atoms with Crippen molar-refractivity contribution >= 4 is 44.4 Å². The van der Waals surface area contributed by atoms with Gasteiger partial charge < -0.3 is 10.3 Å². The van der Waals surface area contributed by atoms with Gasteiger partial charge >= 0.3 is 0 Å². The summed E-state index contributed by atoms with van der Waals surface area (Å²) >= 11 is 2.62. The Morgan fingerprint density at radius 3 is 3.00 bits per heavy atom. The maximum atomic E-state index is 12.0. The molecule has 0 saturated carbocycles. The lowest BCUT2D eigenvalue weighted by Crippen LogP contribution is -2.14. The quantitative estimate of drug-likeness (QED) is 0.560. The van der Waals surface area contributed by atoms with Gasteiger partial charge in [-0.1, -0.05) is 29.2 Å². The highest BCUT2D eigenvalue weighted by molar-refractivity contribution is 7.99. The zero-order valence-corrected chi connectivity index (χ0v) is 14.2. The number of rotatable bonds is 4. The first kappa shape index (κ1) is 15.7. The molecule has 0 fully saturated rings. The number of hydrogen-bond donors (Lipinski definition) is 2. The molecule has 8 heteroatoms. The maximum Gasteiger partial charge on any atom is 0.251 e. The highest BCUT2D eigenvalue weighted by Gasteiger charge is 2.10. The summed E-state index contributed by atoms with van der Waals surface area (Å²) in [6.45, 7) is 4.04. The standard InChI is InChI=1S/C15H14N4O2S2/c1-8-5-9(2)13-10(6-8)23-15(19-13)18-12(21)7-22-14-16-4-3-11(20)17-14/h3-6H,7H2,1-2H3,(H,16,17,20)(H,18,19,21). The largest absolute Gasteiger partial charge is 0.301 e. The van der Waals surface area contributed by atoms with E-state index in [9.17, 15) is 9.59 Å². The summed E-state index contributed by atoms with van der Waals surface area (Å²) in [5.41, 5.74) is 2.95. The van der Waals surface area contributed by atoms with Crippen molar-refractivity contribution in [2.75, 3.05) is 11.1 Å². The number of H-pyrrole nitrogens is 1. The number of fused-ring (bicyclic) bond motifs is 1. The van der Waals surface area contributed by atoms with Crippen molar-refractivity contribution in [2.45, 2.75) is 19.0 Å². The normalized spacial score (nSPS) is 10.9. The van der Waals surface area contributed by atoms with Gasteiger partial charge in [-0.2, -0.15) is 0 Å². The number of thioether (sulfide) groups is 1. The van der Waals surface area contributed by atoms with Crippen LogP contribution in [0.1, 0.15) is 11.1 Å². The Morgan fingerprint density at radius 1 is 1.39 bits per heavy atom. The fourth-order valence-corrected chi connectivity index (χ4v) is 3.85. The van der Waals surface area contributed by atoms with E-state index in [1.165, 1.54) is 40.9 Å². The van der Waals surface area contributed by atoms with Crippen LogP contribution in [0, 0.1) is 13.8 Å². The fourth-order valence-electron chi connectivity index (χ4n) is 2.14. The summed E-state index contributed by atoms with van der Waals surface area (Å²) in [5.74, 6) is -0.0316. The van der Waals surface area contributed by atoms with Crippen LogP contribution in [-0.2, 0) is 4.79 Å². The lowest BCUT2D eigenvalue weighted by molar-refractivity contribution is -0.113. The average molecular weight is 346 g/mol. The van der Waals surface area contributed by atoms with Gasteiger partial charge in [0.05, 0.1) is 16.0 Å². The Morgan fingerprint density at radius 2 is 2.22 bits per heavy atom. The van der Waals surface area contributed by atoms with E-state index in [-0.39, 0.29) is 17.2 Å². The average Bonchev–Trinajstić information content (AvgIpc) is 2.88. The topological polar surface area (TPSA) is 87.7 Å². The molecule has 118 valence electrons. The number of thiazole rings is 1. The lowest BCUT2D eigenvalue weighted by Gasteiger charge is -2.00. The summed E-state index contributed by atoms with van der Waals surface area (Å²) in [6, 6.07) is 5.46. The Kier molecular flexibility index (Phi) is 4.44. The van der Waals surface area contributed by atoms with Crippen molar-refractivity contribution in [1.82, 2.24) is 15.0 Å². The molecule has 2 heterocycles. The number of carbonyl (C=O) groups excluding carboxylic acids is 1.